The van der Waals surface area contributed by atoms with Gasteiger partial charge in [-0.2, -0.15) is 0 Å². The largest absolute Gasteiger partial charge is 0.308 e. The number of rotatable bonds is 4. The minimum absolute atomic E-state index is 0.516. The Bertz CT molecular complexity index is 638. The second kappa shape index (κ2) is 5.42. The van der Waals surface area contributed by atoms with Crippen LogP contribution in [0.25, 0.3) is 0 Å². The van der Waals surface area contributed by atoms with Crippen LogP contribution >= 0.6 is 11.8 Å². The van der Waals surface area contributed by atoms with Crippen LogP contribution in [0.15, 0.2) is 34.2 Å². The summed E-state index contributed by atoms with van der Waals surface area (Å²) in [6.45, 7) is 4.25. The monoisotopic (exact) mass is 286 g/mol. The highest BCUT2D eigenvalue weighted by molar-refractivity contribution is 7.99. The van der Waals surface area contributed by atoms with E-state index in [-0.39, 0.29) is 0 Å². The third-order valence-electron chi connectivity index (χ3n) is 3.51. The Morgan fingerprint density at radius 1 is 1.15 bits per heavy atom. The fourth-order valence-corrected chi connectivity index (χ4v) is 2.91. The van der Waals surface area contributed by atoms with E-state index in [2.05, 4.69) is 47.4 Å². The first kappa shape index (κ1) is 13.4. The van der Waals surface area contributed by atoms with Crippen LogP contribution in [0.4, 0.5) is 5.82 Å². The van der Waals surface area contributed by atoms with Crippen LogP contribution in [-0.4, -0.2) is 9.97 Å². The Morgan fingerprint density at radius 3 is 2.60 bits per heavy atom. The molecule has 5 heteroatoms. The molecule has 2 aromatic rings. The third-order valence-corrected chi connectivity index (χ3v) is 4.42. The molecule has 1 saturated carbocycles. The van der Waals surface area contributed by atoms with Crippen LogP contribution in [0, 0.1) is 13.8 Å². The second-order valence-electron chi connectivity index (χ2n) is 5.22. The van der Waals surface area contributed by atoms with Crippen molar-refractivity contribution in [3.05, 3.63) is 41.2 Å². The molecule has 0 saturated heterocycles. The van der Waals surface area contributed by atoms with Crippen molar-refractivity contribution in [2.45, 2.75) is 42.5 Å². The van der Waals surface area contributed by atoms with E-state index in [1.807, 2.05) is 6.07 Å². The summed E-state index contributed by atoms with van der Waals surface area (Å²) in [5.41, 5.74) is 5.23. The van der Waals surface area contributed by atoms with Gasteiger partial charge in [-0.15, -0.1) is 0 Å². The summed E-state index contributed by atoms with van der Waals surface area (Å²) in [5.74, 6) is 7.61. The summed E-state index contributed by atoms with van der Waals surface area (Å²) in [4.78, 5) is 10.3. The van der Waals surface area contributed by atoms with Crippen LogP contribution in [0.3, 0.4) is 0 Å². The molecule has 3 rings (SSSR count). The topological polar surface area (TPSA) is 63.8 Å². The Kier molecular flexibility index (Phi) is 3.63. The number of aryl methyl sites for hydroxylation is 2. The summed E-state index contributed by atoms with van der Waals surface area (Å²) in [7, 11) is 0. The molecule has 104 valence electrons. The predicted octanol–water partition coefficient (Wildman–Crippen LogP) is 3.41. The summed E-state index contributed by atoms with van der Waals surface area (Å²) in [6, 6.07) is 8.35. The molecule has 1 aliphatic rings. The van der Waals surface area contributed by atoms with Gasteiger partial charge in [0.25, 0.3) is 0 Å². The van der Waals surface area contributed by atoms with Crippen molar-refractivity contribution in [2.75, 3.05) is 5.43 Å². The van der Waals surface area contributed by atoms with Gasteiger partial charge in [0.2, 0.25) is 0 Å². The first-order valence-corrected chi connectivity index (χ1v) is 7.58. The van der Waals surface area contributed by atoms with E-state index in [9.17, 15) is 0 Å². The molecule has 1 fully saturated rings. The molecule has 1 aromatic carbocycles. The standard InChI is InChI=1S/C15H18N4S/c1-9-3-6-12(7-10(9)2)20-14-8-13(19-16)17-15(18-14)11-4-5-11/h3,6-8,11H,4-5,16H2,1-2H3,(H,17,18,19). The van der Waals surface area contributed by atoms with Crippen molar-refractivity contribution in [3.8, 4) is 0 Å². The van der Waals surface area contributed by atoms with Crippen molar-refractivity contribution in [2.24, 2.45) is 5.84 Å². The van der Waals surface area contributed by atoms with Gasteiger partial charge < -0.3 is 5.43 Å². The number of nitrogens with one attached hydrogen (secondary N) is 1. The number of hydrogen-bond acceptors (Lipinski definition) is 5. The Morgan fingerprint density at radius 2 is 1.95 bits per heavy atom. The Hall–Kier alpha value is -1.59. The fraction of sp³-hybridized carbons (Fsp3) is 0.333. The van der Waals surface area contributed by atoms with Gasteiger partial charge in [-0.3, -0.25) is 0 Å². The maximum absolute atomic E-state index is 5.50. The second-order valence-corrected chi connectivity index (χ2v) is 6.31. The molecule has 0 spiro atoms. The number of nitrogens with zero attached hydrogens (tertiary/aromatic N) is 2. The quantitative estimate of drug-likeness (QED) is 0.512. The lowest BCUT2D eigenvalue weighted by Crippen LogP contribution is -2.10. The van der Waals surface area contributed by atoms with Gasteiger partial charge in [0.1, 0.15) is 16.7 Å². The highest BCUT2D eigenvalue weighted by atomic mass is 32.2. The number of nitrogens with two attached hydrogens (primary N) is 1. The number of hydrazine groups is 1. The average molecular weight is 286 g/mol. The zero-order valence-electron chi connectivity index (χ0n) is 11.7. The lowest BCUT2D eigenvalue weighted by Gasteiger charge is -2.08. The van der Waals surface area contributed by atoms with Crippen LogP contribution < -0.4 is 11.3 Å². The van der Waals surface area contributed by atoms with Crippen molar-refractivity contribution in [1.82, 2.24) is 9.97 Å². The molecule has 4 nitrogen and oxygen atoms in total. The minimum atomic E-state index is 0.516. The molecule has 0 amide bonds. The van der Waals surface area contributed by atoms with Gasteiger partial charge in [0, 0.05) is 16.9 Å². The van der Waals surface area contributed by atoms with E-state index in [0.29, 0.717) is 11.7 Å². The number of benzene rings is 1. The van der Waals surface area contributed by atoms with Gasteiger partial charge in [0.05, 0.1) is 0 Å². The van der Waals surface area contributed by atoms with E-state index in [4.69, 9.17) is 5.84 Å². The Balaban J connectivity index is 1.88. The molecule has 0 atom stereocenters. The van der Waals surface area contributed by atoms with Crippen molar-refractivity contribution >= 4 is 17.6 Å². The number of aromatic nitrogens is 2. The van der Waals surface area contributed by atoms with Gasteiger partial charge in [-0.25, -0.2) is 15.8 Å². The maximum atomic E-state index is 5.50. The van der Waals surface area contributed by atoms with E-state index in [0.717, 1.165) is 10.9 Å². The van der Waals surface area contributed by atoms with Crippen LogP contribution in [0.1, 0.15) is 35.7 Å². The molecule has 1 heterocycles. The molecule has 20 heavy (non-hydrogen) atoms. The molecular formula is C15H18N4S. The first-order valence-electron chi connectivity index (χ1n) is 6.76. The molecule has 0 unspecified atom stereocenters. The van der Waals surface area contributed by atoms with Crippen molar-refractivity contribution in [1.29, 1.82) is 0 Å². The van der Waals surface area contributed by atoms with E-state index in [1.54, 1.807) is 11.8 Å². The normalized spacial score (nSPS) is 14.3. The summed E-state index contributed by atoms with van der Waals surface area (Å²) >= 11 is 1.65. The van der Waals surface area contributed by atoms with Crippen molar-refractivity contribution in [3.63, 3.8) is 0 Å². The van der Waals surface area contributed by atoms with E-state index < -0.39 is 0 Å². The predicted molar refractivity (Wildman–Crippen MR) is 81.9 cm³/mol. The molecule has 0 radical (unpaired) electrons. The molecule has 0 aliphatic heterocycles. The minimum Gasteiger partial charge on any atom is -0.308 e. The van der Waals surface area contributed by atoms with Crippen LogP contribution in [0.2, 0.25) is 0 Å². The summed E-state index contributed by atoms with van der Waals surface area (Å²) < 4.78 is 0. The first-order chi connectivity index (χ1) is 9.65. The summed E-state index contributed by atoms with van der Waals surface area (Å²) in [6.07, 6.45) is 2.36. The van der Waals surface area contributed by atoms with Crippen molar-refractivity contribution < 1.29 is 0 Å². The van der Waals surface area contributed by atoms with Gasteiger partial charge in [-0.05, 0) is 49.9 Å². The van der Waals surface area contributed by atoms with Crippen LogP contribution in [0.5, 0.6) is 0 Å². The lowest BCUT2D eigenvalue weighted by molar-refractivity contribution is 0.878. The maximum Gasteiger partial charge on any atom is 0.144 e. The highest BCUT2D eigenvalue weighted by Crippen LogP contribution is 2.39. The molecular weight excluding hydrogens is 268 g/mol. The molecule has 0 bridgehead atoms. The van der Waals surface area contributed by atoms with E-state index in [1.165, 1.54) is 28.9 Å². The molecule has 1 aromatic heterocycles. The average Bonchev–Trinajstić information content (AvgIpc) is 3.27. The van der Waals surface area contributed by atoms with E-state index >= 15 is 0 Å². The lowest BCUT2D eigenvalue weighted by atomic mass is 10.1. The van der Waals surface area contributed by atoms with Crippen LogP contribution in [-0.2, 0) is 0 Å². The molecule has 3 N–H and O–H groups in total. The zero-order chi connectivity index (χ0) is 14.1. The summed E-state index contributed by atoms with van der Waals surface area (Å²) in [5, 5.41) is 0.943. The SMILES string of the molecule is Cc1ccc(Sc2cc(NN)nc(C3CC3)n2)cc1C. The molecule has 1 aliphatic carbocycles. The number of anilines is 1. The zero-order valence-corrected chi connectivity index (χ0v) is 12.5. The van der Waals surface area contributed by atoms with Gasteiger partial charge >= 0.3 is 0 Å². The van der Waals surface area contributed by atoms with Gasteiger partial charge in [0.15, 0.2) is 0 Å². The number of nitrogen functional groups attached to an aromatic ring is 1. The fourth-order valence-electron chi connectivity index (χ4n) is 1.99. The Labute approximate surface area is 123 Å². The van der Waals surface area contributed by atoms with Gasteiger partial charge in [-0.1, -0.05) is 17.8 Å². The highest BCUT2D eigenvalue weighted by Gasteiger charge is 2.27. The smallest absolute Gasteiger partial charge is 0.144 e. The third kappa shape index (κ3) is 2.94. The number of hydrogen-bond donors (Lipinski definition) is 2.